The number of amides is 2. The van der Waals surface area contributed by atoms with Crippen molar-refractivity contribution in [3.8, 4) is 11.5 Å². The highest BCUT2D eigenvalue weighted by atomic mass is 32.1. The number of rotatable bonds is 9. The van der Waals surface area contributed by atoms with Gasteiger partial charge < -0.3 is 19.7 Å². The molecule has 2 fully saturated rings. The second-order valence-corrected chi connectivity index (χ2v) is 9.32. The lowest BCUT2D eigenvalue weighted by molar-refractivity contribution is -0.141. The lowest BCUT2D eigenvalue weighted by Crippen LogP contribution is -2.47. The maximum atomic E-state index is 13.6. The van der Waals surface area contributed by atoms with E-state index in [1.54, 1.807) is 36.5 Å². The molecule has 0 unspecified atom stereocenters. The second-order valence-electron chi connectivity index (χ2n) is 8.29. The number of hydrogen-bond donors (Lipinski definition) is 1. The molecule has 0 radical (unpaired) electrons. The standard InChI is InChI=1S/C24H30N2O4S/c1-29-18-11-12-20(21(14-18)30-2)23(24(28)25-16-6-3-4-7-16)26(17-9-10-17)22(27)15-19-8-5-13-31-19/h5,8,11-14,16-17,23H,3-4,6-7,9-10,15H2,1-2H3,(H,25,28)/t23-/m1/s1. The van der Waals surface area contributed by atoms with Gasteiger partial charge in [-0.2, -0.15) is 0 Å². The van der Waals surface area contributed by atoms with Crippen LogP contribution in [0.4, 0.5) is 0 Å². The molecule has 2 aliphatic carbocycles. The molecule has 1 heterocycles. The third-order valence-electron chi connectivity index (χ3n) is 6.10. The minimum atomic E-state index is -0.721. The monoisotopic (exact) mass is 442 g/mol. The molecule has 6 nitrogen and oxygen atoms in total. The third-order valence-corrected chi connectivity index (χ3v) is 6.97. The number of nitrogens with one attached hydrogen (secondary N) is 1. The fourth-order valence-corrected chi connectivity index (χ4v) is 5.07. The first-order valence-electron chi connectivity index (χ1n) is 11.0. The molecular weight excluding hydrogens is 412 g/mol. The van der Waals surface area contributed by atoms with E-state index in [2.05, 4.69) is 5.32 Å². The molecule has 2 aromatic rings. The Bertz CT molecular complexity index is 904. The van der Waals surface area contributed by atoms with Crippen molar-refractivity contribution in [3.05, 3.63) is 46.2 Å². The molecule has 1 atom stereocenters. The van der Waals surface area contributed by atoms with Crippen molar-refractivity contribution in [2.24, 2.45) is 0 Å². The fraction of sp³-hybridized carbons (Fsp3) is 0.500. The van der Waals surface area contributed by atoms with Crippen molar-refractivity contribution in [1.82, 2.24) is 10.2 Å². The number of thiophene rings is 1. The van der Waals surface area contributed by atoms with Crippen LogP contribution in [0.3, 0.4) is 0 Å². The maximum absolute atomic E-state index is 13.6. The second kappa shape index (κ2) is 9.73. The summed E-state index contributed by atoms with van der Waals surface area (Å²) in [7, 11) is 3.18. The van der Waals surface area contributed by atoms with E-state index >= 15 is 0 Å². The molecule has 2 amide bonds. The first-order chi connectivity index (χ1) is 15.1. The van der Waals surface area contributed by atoms with Gasteiger partial charge in [-0.05, 0) is 49.3 Å². The summed E-state index contributed by atoms with van der Waals surface area (Å²) >= 11 is 1.57. The Morgan fingerprint density at radius 2 is 1.90 bits per heavy atom. The van der Waals surface area contributed by atoms with Gasteiger partial charge in [-0.15, -0.1) is 11.3 Å². The average Bonchev–Trinajstić information content (AvgIpc) is 3.22. The van der Waals surface area contributed by atoms with Crippen LogP contribution < -0.4 is 14.8 Å². The van der Waals surface area contributed by atoms with E-state index in [1.165, 1.54) is 0 Å². The Morgan fingerprint density at radius 3 is 2.52 bits per heavy atom. The molecular formula is C24H30N2O4S. The first kappa shape index (κ1) is 21.7. The highest BCUT2D eigenvalue weighted by molar-refractivity contribution is 7.10. The quantitative estimate of drug-likeness (QED) is 0.635. The molecule has 0 spiro atoms. The van der Waals surface area contributed by atoms with E-state index in [0.29, 0.717) is 23.5 Å². The minimum Gasteiger partial charge on any atom is -0.497 e. The van der Waals surface area contributed by atoms with Gasteiger partial charge in [0.05, 0.1) is 20.6 Å². The zero-order valence-electron chi connectivity index (χ0n) is 18.1. The van der Waals surface area contributed by atoms with Crippen molar-refractivity contribution >= 4 is 23.2 Å². The lowest BCUT2D eigenvalue weighted by Gasteiger charge is -2.33. The van der Waals surface area contributed by atoms with E-state index in [0.717, 1.165) is 43.4 Å². The number of carbonyl (C=O) groups is 2. The summed E-state index contributed by atoms with van der Waals surface area (Å²) < 4.78 is 11.0. The highest BCUT2D eigenvalue weighted by Gasteiger charge is 2.42. The topological polar surface area (TPSA) is 67.9 Å². The van der Waals surface area contributed by atoms with E-state index in [1.807, 2.05) is 29.6 Å². The third kappa shape index (κ3) is 5.03. The van der Waals surface area contributed by atoms with Crippen molar-refractivity contribution < 1.29 is 19.1 Å². The summed E-state index contributed by atoms with van der Waals surface area (Å²) in [6.07, 6.45) is 6.38. The molecule has 4 rings (SSSR count). The number of benzene rings is 1. The van der Waals surface area contributed by atoms with Gasteiger partial charge in [-0.3, -0.25) is 9.59 Å². The number of hydrogen-bond acceptors (Lipinski definition) is 5. The Hall–Kier alpha value is -2.54. The van der Waals surface area contributed by atoms with Gasteiger partial charge in [0.25, 0.3) is 0 Å². The predicted octanol–water partition coefficient (Wildman–Crippen LogP) is 4.10. The minimum absolute atomic E-state index is 0.0191. The van der Waals surface area contributed by atoms with Crippen molar-refractivity contribution in [2.75, 3.05) is 14.2 Å². The number of ether oxygens (including phenoxy) is 2. The van der Waals surface area contributed by atoms with Crippen LogP contribution in [0.5, 0.6) is 11.5 Å². The van der Waals surface area contributed by atoms with Gasteiger partial charge in [-0.1, -0.05) is 18.9 Å². The lowest BCUT2D eigenvalue weighted by atomic mass is 10.0. The van der Waals surface area contributed by atoms with Crippen LogP contribution in [0.15, 0.2) is 35.7 Å². The SMILES string of the molecule is COc1ccc([C@H](C(=O)NC2CCCC2)N(C(=O)Cc2cccs2)C2CC2)c(OC)c1. The zero-order valence-corrected chi connectivity index (χ0v) is 19.0. The van der Waals surface area contributed by atoms with E-state index < -0.39 is 6.04 Å². The van der Waals surface area contributed by atoms with E-state index in [4.69, 9.17) is 9.47 Å². The Kier molecular flexibility index (Phi) is 6.80. The largest absolute Gasteiger partial charge is 0.497 e. The molecule has 2 aliphatic rings. The van der Waals surface area contributed by atoms with Crippen LogP contribution >= 0.6 is 11.3 Å². The normalized spacial score (nSPS) is 17.2. The number of nitrogens with zero attached hydrogens (tertiary/aromatic N) is 1. The zero-order chi connectivity index (χ0) is 21.8. The van der Waals surface area contributed by atoms with Crippen LogP contribution in [0.1, 0.15) is 55.0 Å². The van der Waals surface area contributed by atoms with Crippen LogP contribution in [-0.2, 0) is 16.0 Å². The fourth-order valence-electron chi connectivity index (χ4n) is 4.38. The molecule has 166 valence electrons. The Morgan fingerprint density at radius 1 is 1.13 bits per heavy atom. The molecule has 2 saturated carbocycles. The molecule has 31 heavy (non-hydrogen) atoms. The highest BCUT2D eigenvalue weighted by Crippen LogP contribution is 2.40. The average molecular weight is 443 g/mol. The molecule has 0 saturated heterocycles. The molecule has 1 N–H and O–H groups in total. The maximum Gasteiger partial charge on any atom is 0.247 e. The number of methoxy groups -OCH3 is 2. The molecule has 7 heteroatoms. The smallest absolute Gasteiger partial charge is 0.247 e. The molecule has 1 aromatic carbocycles. The van der Waals surface area contributed by atoms with Gasteiger partial charge >= 0.3 is 0 Å². The van der Waals surface area contributed by atoms with E-state index in [9.17, 15) is 9.59 Å². The molecule has 0 bridgehead atoms. The summed E-state index contributed by atoms with van der Waals surface area (Å²) in [6, 6.07) is 8.90. The van der Waals surface area contributed by atoms with Gasteiger partial charge in [0, 0.05) is 28.6 Å². The van der Waals surface area contributed by atoms with Crippen molar-refractivity contribution in [2.45, 2.75) is 63.1 Å². The summed E-state index contributed by atoms with van der Waals surface area (Å²) in [6.45, 7) is 0. The van der Waals surface area contributed by atoms with Gasteiger partial charge in [0.15, 0.2) is 0 Å². The van der Waals surface area contributed by atoms with Crippen LogP contribution in [0, 0.1) is 0 Å². The van der Waals surface area contributed by atoms with Gasteiger partial charge in [0.1, 0.15) is 17.5 Å². The van der Waals surface area contributed by atoms with Gasteiger partial charge in [0.2, 0.25) is 11.8 Å². The predicted molar refractivity (Wildman–Crippen MR) is 121 cm³/mol. The van der Waals surface area contributed by atoms with E-state index in [-0.39, 0.29) is 23.9 Å². The summed E-state index contributed by atoms with van der Waals surface area (Å²) in [5.41, 5.74) is 0.699. The van der Waals surface area contributed by atoms with Crippen molar-refractivity contribution in [3.63, 3.8) is 0 Å². The summed E-state index contributed by atoms with van der Waals surface area (Å²) in [4.78, 5) is 29.9. The van der Waals surface area contributed by atoms with Crippen LogP contribution in [0.25, 0.3) is 0 Å². The Balaban J connectivity index is 1.69. The summed E-state index contributed by atoms with van der Waals surface area (Å²) in [5, 5.41) is 5.19. The van der Waals surface area contributed by atoms with Gasteiger partial charge in [-0.25, -0.2) is 0 Å². The van der Waals surface area contributed by atoms with Crippen LogP contribution in [-0.4, -0.2) is 43.0 Å². The van der Waals surface area contributed by atoms with Crippen LogP contribution in [0.2, 0.25) is 0 Å². The Labute approximate surface area is 187 Å². The van der Waals surface area contributed by atoms with Crippen molar-refractivity contribution in [1.29, 1.82) is 0 Å². The number of carbonyl (C=O) groups excluding carboxylic acids is 2. The molecule has 0 aliphatic heterocycles. The summed E-state index contributed by atoms with van der Waals surface area (Å²) in [5.74, 6) is 1.06. The first-order valence-corrected chi connectivity index (χ1v) is 11.8. The molecule has 1 aromatic heterocycles.